The number of alkyl halides is 1. The standard InChI is InChI=1S/C17H21N3O5S.C15H18BrN3O3S.C2H4O2.K/c1-5-24-15(17(22)20(3)23-4)12-6-8-13(9-7-12)16-19-18-14(26-16)10-25-11(2)21;1-4-22-13(15(20)19(2)21-3)10-5-7-11(8-6-10)14-18-17-12(9-16)23-14;1-2(3)4;/h6-9,15H,5,10H2,1-4H3;5-8,13H,4,9H2,1-3H3;1H3,(H,3,4);/q;;;+1/p-1. The van der Waals surface area contributed by atoms with Gasteiger partial charge < -0.3 is 24.1 Å². The molecule has 0 aliphatic carbocycles. The van der Waals surface area contributed by atoms with Gasteiger partial charge in [0.2, 0.25) is 0 Å². The molecule has 2 aromatic carbocycles. The van der Waals surface area contributed by atoms with Gasteiger partial charge in [0.15, 0.2) is 17.2 Å². The molecular weight excluding hydrogens is 836 g/mol. The van der Waals surface area contributed by atoms with Crippen LogP contribution in [0.25, 0.3) is 21.1 Å². The molecule has 0 N–H and O–H groups in total. The van der Waals surface area contributed by atoms with Crippen molar-refractivity contribution in [2.45, 2.75) is 51.8 Å². The number of hydrogen-bond acceptors (Lipinski definition) is 16. The van der Waals surface area contributed by atoms with E-state index in [9.17, 15) is 14.4 Å². The van der Waals surface area contributed by atoms with Gasteiger partial charge in [-0.1, -0.05) is 87.1 Å². The maximum absolute atomic E-state index is 12.4. The normalized spacial score (nSPS) is 11.4. The first-order valence-electron chi connectivity index (χ1n) is 15.9. The first-order chi connectivity index (χ1) is 25.3. The van der Waals surface area contributed by atoms with Gasteiger partial charge >= 0.3 is 57.4 Å². The van der Waals surface area contributed by atoms with Crippen molar-refractivity contribution in [2.24, 2.45) is 0 Å². The first-order valence-corrected chi connectivity index (χ1v) is 18.6. The molecule has 0 radical (unpaired) electrons. The molecule has 16 nitrogen and oxygen atoms in total. The summed E-state index contributed by atoms with van der Waals surface area (Å²) in [5.74, 6) is -1.99. The third kappa shape index (κ3) is 16.2. The van der Waals surface area contributed by atoms with Crippen LogP contribution in [0.4, 0.5) is 0 Å². The molecule has 0 aliphatic heterocycles. The van der Waals surface area contributed by atoms with Crippen LogP contribution in [0.3, 0.4) is 0 Å². The Labute approximate surface area is 373 Å². The van der Waals surface area contributed by atoms with Crippen LogP contribution in [-0.4, -0.2) is 95.8 Å². The number of carbonyl (C=O) groups is 4. The Morgan fingerprint density at radius 1 is 0.722 bits per heavy atom. The van der Waals surface area contributed by atoms with E-state index >= 15 is 0 Å². The molecule has 2 aromatic heterocycles. The zero-order valence-corrected chi connectivity index (χ0v) is 37.9. The number of carbonyl (C=O) groups excluding carboxylic acids is 4. The van der Waals surface area contributed by atoms with E-state index in [1.54, 1.807) is 7.05 Å². The van der Waals surface area contributed by atoms with Crippen LogP contribution in [0.15, 0.2) is 48.5 Å². The SMILES string of the molecule is CC(=O)[O-].CCOC(C(=O)N(C)OC)c1ccc(-c2nnc(CBr)s2)cc1.CCOC(C(=O)N(C)OC)c1ccc(-c2nnc(COC(C)=O)s2)cc1.[K+]. The van der Waals surface area contributed by atoms with Crippen molar-refractivity contribution in [2.75, 3.05) is 41.5 Å². The molecule has 0 spiro atoms. The van der Waals surface area contributed by atoms with E-state index in [4.69, 9.17) is 33.8 Å². The number of rotatable bonds is 15. The fourth-order valence-electron chi connectivity index (χ4n) is 4.08. The average Bonchev–Trinajstić information content (AvgIpc) is 3.85. The first kappa shape index (κ1) is 49.4. The summed E-state index contributed by atoms with van der Waals surface area (Å²) in [7, 11) is 5.97. The van der Waals surface area contributed by atoms with Crippen LogP contribution in [0.1, 0.15) is 61.0 Å². The van der Waals surface area contributed by atoms with Crippen molar-refractivity contribution in [3.8, 4) is 21.1 Å². The fraction of sp³-hybridized carbons (Fsp3) is 0.412. The molecule has 0 saturated carbocycles. The van der Waals surface area contributed by atoms with Crippen LogP contribution < -0.4 is 56.5 Å². The Bertz CT molecular complexity index is 1740. The van der Waals surface area contributed by atoms with Gasteiger partial charge in [-0.2, -0.15) is 0 Å². The van der Waals surface area contributed by atoms with E-state index in [1.807, 2.05) is 62.4 Å². The van der Waals surface area contributed by atoms with Crippen LogP contribution in [-0.2, 0) is 55.0 Å². The molecule has 2 atom stereocenters. The summed E-state index contributed by atoms with van der Waals surface area (Å²) >= 11 is 6.24. The number of hydroxylamine groups is 4. The molecule has 0 fully saturated rings. The molecule has 54 heavy (non-hydrogen) atoms. The number of benzene rings is 2. The number of amides is 2. The van der Waals surface area contributed by atoms with E-state index in [-0.39, 0.29) is 75.8 Å². The zero-order chi connectivity index (χ0) is 39.5. The summed E-state index contributed by atoms with van der Waals surface area (Å²) in [6.07, 6.45) is -1.43. The number of nitrogens with zero attached hydrogens (tertiary/aromatic N) is 6. The molecule has 0 aliphatic rings. The number of aromatic nitrogens is 4. The molecule has 288 valence electrons. The Morgan fingerprint density at radius 3 is 1.41 bits per heavy atom. The number of hydrogen-bond donors (Lipinski definition) is 0. The van der Waals surface area contributed by atoms with Crippen molar-refractivity contribution >= 4 is 62.4 Å². The van der Waals surface area contributed by atoms with Gasteiger partial charge in [-0.25, -0.2) is 10.1 Å². The van der Waals surface area contributed by atoms with Gasteiger partial charge in [0.1, 0.15) is 21.6 Å². The van der Waals surface area contributed by atoms with Crippen molar-refractivity contribution in [3.63, 3.8) is 0 Å². The monoisotopic (exact) mass is 876 g/mol. The van der Waals surface area contributed by atoms with Gasteiger partial charge in [0.25, 0.3) is 11.8 Å². The van der Waals surface area contributed by atoms with Crippen molar-refractivity contribution in [1.82, 2.24) is 30.5 Å². The van der Waals surface area contributed by atoms with Gasteiger partial charge in [-0.05, 0) is 31.9 Å². The molecule has 4 rings (SSSR count). The zero-order valence-electron chi connectivity index (χ0n) is 31.6. The van der Waals surface area contributed by atoms with Crippen molar-refractivity contribution in [1.29, 1.82) is 0 Å². The summed E-state index contributed by atoms with van der Waals surface area (Å²) in [6, 6.07) is 14.9. The van der Waals surface area contributed by atoms with Gasteiger partial charge in [0, 0.05) is 51.3 Å². The Balaban J connectivity index is 0.000000486. The predicted molar refractivity (Wildman–Crippen MR) is 198 cm³/mol. The maximum Gasteiger partial charge on any atom is 1.00 e. The molecular formula is C34H42BrKN6O10S2. The molecule has 0 saturated heterocycles. The summed E-state index contributed by atoms with van der Waals surface area (Å²) in [6.45, 7) is 6.93. The Morgan fingerprint density at radius 2 is 1.09 bits per heavy atom. The van der Waals surface area contributed by atoms with E-state index in [0.717, 1.165) is 38.7 Å². The largest absolute Gasteiger partial charge is 1.00 e. The number of likely N-dealkylation sites (N-methyl/N-ethyl adjacent to an activating group) is 2. The number of carboxylic acids is 1. The van der Waals surface area contributed by atoms with E-state index in [0.29, 0.717) is 34.1 Å². The number of esters is 1. The molecule has 20 heteroatoms. The third-order valence-electron chi connectivity index (χ3n) is 6.65. The fourth-order valence-corrected chi connectivity index (χ4v) is 5.99. The third-order valence-corrected chi connectivity index (χ3v) is 9.47. The van der Waals surface area contributed by atoms with E-state index in [1.165, 1.54) is 55.9 Å². The van der Waals surface area contributed by atoms with E-state index in [2.05, 4.69) is 36.3 Å². The molecule has 4 aromatic rings. The van der Waals surface area contributed by atoms with Crippen LogP contribution >= 0.6 is 38.6 Å². The second-order valence-corrected chi connectivity index (χ2v) is 13.0. The summed E-state index contributed by atoms with van der Waals surface area (Å²) in [5.41, 5.74) is 3.30. The van der Waals surface area contributed by atoms with Crippen LogP contribution in [0.5, 0.6) is 0 Å². The summed E-state index contributed by atoms with van der Waals surface area (Å²) in [5, 5.41) is 31.3. The Hall–Kier alpha value is -2.60. The number of carboxylic acid groups (broad SMARTS) is 1. The average molecular weight is 878 g/mol. The topological polar surface area (TPSA) is 196 Å². The number of aliphatic carboxylic acids is 1. The smallest absolute Gasteiger partial charge is 0.550 e. The minimum atomic E-state index is -1.08. The van der Waals surface area contributed by atoms with Gasteiger partial charge in [0.05, 0.1) is 19.5 Å². The van der Waals surface area contributed by atoms with Crippen LogP contribution in [0.2, 0.25) is 0 Å². The summed E-state index contributed by atoms with van der Waals surface area (Å²) in [4.78, 5) is 54.3. The second kappa shape index (κ2) is 26.3. The Kier molecular flexibility index (Phi) is 24.1. The van der Waals surface area contributed by atoms with Crippen LogP contribution in [0, 0.1) is 0 Å². The minimum absolute atomic E-state index is 0. The molecule has 2 amide bonds. The molecule has 2 unspecified atom stereocenters. The minimum Gasteiger partial charge on any atom is -0.550 e. The summed E-state index contributed by atoms with van der Waals surface area (Å²) < 4.78 is 16.1. The maximum atomic E-state index is 12.4. The second-order valence-electron chi connectivity index (χ2n) is 10.4. The number of halogens is 1. The molecule has 2 heterocycles. The van der Waals surface area contributed by atoms with E-state index < -0.39 is 18.2 Å². The van der Waals surface area contributed by atoms with Gasteiger partial charge in [-0.15, -0.1) is 20.4 Å². The molecule has 0 bridgehead atoms. The quantitative estimate of drug-likeness (QED) is 0.0718. The predicted octanol–water partition coefficient (Wildman–Crippen LogP) is 1.32. The number of ether oxygens (including phenoxy) is 3. The van der Waals surface area contributed by atoms with Gasteiger partial charge in [-0.3, -0.25) is 24.1 Å². The van der Waals surface area contributed by atoms with Crippen molar-refractivity contribution in [3.05, 3.63) is 69.7 Å². The van der Waals surface area contributed by atoms with Crippen molar-refractivity contribution < 1.29 is 99.6 Å².